The summed E-state index contributed by atoms with van der Waals surface area (Å²) in [7, 11) is 0. The third kappa shape index (κ3) is 2.88. The molecule has 31 heavy (non-hydrogen) atoms. The molecule has 0 aliphatic carbocycles. The topological polar surface area (TPSA) is 51.8 Å². The second-order valence-electron chi connectivity index (χ2n) is 7.88. The highest BCUT2D eigenvalue weighted by Gasteiger charge is 2.15. The van der Waals surface area contributed by atoms with Crippen molar-refractivity contribution in [2.75, 3.05) is 0 Å². The van der Waals surface area contributed by atoms with Crippen molar-refractivity contribution in [3.8, 4) is 22.4 Å². The van der Waals surface area contributed by atoms with Crippen LogP contribution >= 0.6 is 0 Å². The smallest absolute Gasteiger partial charge is 0.227 e. The highest BCUT2D eigenvalue weighted by Crippen LogP contribution is 2.36. The first-order valence-corrected chi connectivity index (χ1v) is 10.3. The van der Waals surface area contributed by atoms with Crippen LogP contribution in [0.3, 0.4) is 0 Å². The van der Waals surface area contributed by atoms with E-state index in [4.69, 9.17) is 4.42 Å². The summed E-state index contributed by atoms with van der Waals surface area (Å²) in [6, 6.07) is 22.9. The van der Waals surface area contributed by atoms with Gasteiger partial charge in [-0.15, -0.1) is 0 Å². The number of pyridine rings is 3. The molecule has 0 atom stereocenters. The molecule has 148 valence electrons. The van der Waals surface area contributed by atoms with Crippen LogP contribution in [-0.4, -0.2) is 15.0 Å². The third-order valence-corrected chi connectivity index (χ3v) is 5.80. The summed E-state index contributed by atoms with van der Waals surface area (Å²) in [6.07, 6.45) is 3.69. The molecule has 6 aromatic rings. The lowest BCUT2D eigenvalue weighted by Gasteiger charge is -2.10. The number of aryl methyl sites for hydroxylation is 2. The molecular weight excluding hydrogens is 382 g/mol. The molecule has 0 N–H and O–H groups in total. The van der Waals surface area contributed by atoms with Crippen molar-refractivity contribution in [3.63, 3.8) is 0 Å². The maximum Gasteiger partial charge on any atom is 0.227 e. The van der Waals surface area contributed by atoms with Gasteiger partial charge in [0, 0.05) is 39.8 Å². The number of hydrogen-bond donors (Lipinski definition) is 0. The molecule has 0 fully saturated rings. The summed E-state index contributed by atoms with van der Waals surface area (Å²) >= 11 is 0. The van der Waals surface area contributed by atoms with Crippen molar-refractivity contribution >= 4 is 33.0 Å². The first-order valence-electron chi connectivity index (χ1n) is 10.3. The minimum absolute atomic E-state index is 0.663. The van der Waals surface area contributed by atoms with Crippen molar-refractivity contribution in [1.82, 2.24) is 15.0 Å². The van der Waals surface area contributed by atoms with Gasteiger partial charge in [0.1, 0.15) is 5.58 Å². The zero-order chi connectivity index (χ0) is 20.9. The molecule has 0 saturated heterocycles. The fourth-order valence-electron chi connectivity index (χ4n) is 4.25. The third-order valence-electron chi connectivity index (χ3n) is 5.80. The zero-order valence-corrected chi connectivity index (χ0v) is 17.3. The van der Waals surface area contributed by atoms with Crippen LogP contribution < -0.4 is 0 Å². The van der Waals surface area contributed by atoms with Crippen LogP contribution in [0.4, 0.5) is 0 Å². The zero-order valence-electron chi connectivity index (χ0n) is 17.3. The number of furan rings is 1. The molecule has 4 heteroatoms. The van der Waals surface area contributed by atoms with Crippen LogP contribution in [0.15, 0.2) is 83.5 Å². The average Bonchev–Trinajstić information content (AvgIpc) is 3.16. The predicted octanol–water partition coefficient (Wildman–Crippen LogP) is 6.88. The molecule has 0 unspecified atom stereocenters. The molecule has 4 heterocycles. The Morgan fingerprint density at radius 2 is 1.68 bits per heavy atom. The molecule has 0 aliphatic rings. The SMILES string of the molecule is Cc1ccc2c(n1)oc1c(-c3cc(-c4cc5cccnc5cc4C)ccn3)cccc12. The van der Waals surface area contributed by atoms with E-state index in [1.807, 2.05) is 37.5 Å². The molecule has 2 aromatic carbocycles. The van der Waals surface area contributed by atoms with Crippen LogP contribution in [0.2, 0.25) is 0 Å². The number of aromatic nitrogens is 3. The Labute approximate surface area is 179 Å². The number of nitrogens with zero attached hydrogens (tertiary/aromatic N) is 3. The number of fused-ring (bicyclic) bond motifs is 4. The van der Waals surface area contributed by atoms with Crippen LogP contribution in [0.5, 0.6) is 0 Å². The Morgan fingerprint density at radius 1 is 0.742 bits per heavy atom. The largest absolute Gasteiger partial charge is 0.437 e. The molecule has 6 rings (SSSR count). The van der Waals surface area contributed by atoms with Gasteiger partial charge in [0.05, 0.1) is 11.2 Å². The molecule has 0 bridgehead atoms. The van der Waals surface area contributed by atoms with Gasteiger partial charge in [0.25, 0.3) is 0 Å². The van der Waals surface area contributed by atoms with E-state index >= 15 is 0 Å². The fraction of sp³-hybridized carbons (Fsp3) is 0.0741. The van der Waals surface area contributed by atoms with Crippen LogP contribution in [-0.2, 0) is 0 Å². The monoisotopic (exact) mass is 401 g/mol. The minimum atomic E-state index is 0.663. The quantitative estimate of drug-likeness (QED) is 0.317. The second kappa shape index (κ2) is 6.74. The van der Waals surface area contributed by atoms with Gasteiger partial charge in [-0.2, -0.15) is 0 Å². The predicted molar refractivity (Wildman–Crippen MR) is 125 cm³/mol. The highest BCUT2D eigenvalue weighted by atomic mass is 16.3. The summed E-state index contributed by atoms with van der Waals surface area (Å²) < 4.78 is 6.19. The Hall–Kier alpha value is -4.05. The van der Waals surface area contributed by atoms with Gasteiger partial charge in [-0.05, 0) is 79.1 Å². The Balaban J connectivity index is 1.55. The van der Waals surface area contributed by atoms with Gasteiger partial charge < -0.3 is 4.42 Å². The lowest BCUT2D eigenvalue weighted by atomic mass is 9.97. The van der Waals surface area contributed by atoms with Crippen LogP contribution in [0.25, 0.3) is 55.4 Å². The molecule has 4 aromatic heterocycles. The van der Waals surface area contributed by atoms with Gasteiger partial charge >= 0.3 is 0 Å². The molecule has 0 radical (unpaired) electrons. The lowest BCUT2D eigenvalue weighted by molar-refractivity contribution is 0.653. The van der Waals surface area contributed by atoms with Crippen LogP contribution in [0.1, 0.15) is 11.3 Å². The normalized spacial score (nSPS) is 11.5. The summed E-state index contributed by atoms with van der Waals surface area (Å²) in [5, 5.41) is 3.21. The Kier molecular flexibility index (Phi) is 3.87. The van der Waals surface area contributed by atoms with Crippen molar-refractivity contribution in [1.29, 1.82) is 0 Å². The Bertz CT molecular complexity index is 1610. The van der Waals surface area contributed by atoms with E-state index in [9.17, 15) is 0 Å². The maximum absolute atomic E-state index is 6.19. The first kappa shape index (κ1) is 17.8. The van der Waals surface area contributed by atoms with Crippen molar-refractivity contribution in [2.45, 2.75) is 13.8 Å². The van der Waals surface area contributed by atoms with Gasteiger partial charge in [0.2, 0.25) is 5.71 Å². The first-order chi connectivity index (χ1) is 15.2. The Morgan fingerprint density at radius 3 is 2.61 bits per heavy atom. The lowest BCUT2D eigenvalue weighted by Crippen LogP contribution is -1.89. The van der Waals surface area contributed by atoms with E-state index in [2.05, 4.69) is 70.4 Å². The molecule has 4 nitrogen and oxygen atoms in total. The van der Waals surface area contributed by atoms with Crippen molar-refractivity contribution < 1.29 is 4.42 Å². The van der Waals surface area contributed by atoms with E-state index in [0.717, 1.165) is 49.8 Å². The van der Waals surface area contributed by atoms with Crippen molar-refractivity contribution in [2.24, 2.45) is 0 Å². The molecule has 0 spiro atoms. The maximum atomic E-state index is 6.19. The standard InChI is InChI=1S/C27H19N3O/c1-16-13-24-19(5-4-11-28-24)14-23(16)18-10-12-29-25(15-18)22-7-3-6-20-21-9-8-17(2)30-27(21)31-26(20)22/h3-15H,1-2H3. The molecule has 0 saturated carbocycles. The van der Waals surface area contributed by atoms with Gasteiger partial charge in [-0.1, -0.05) is 18.2 Å². The summed E-state index contributed by atoms with van der Waals surface area (Å²) in [6.45, 7) is 4.09. The minimum Gasteiger partial charge on any atom is -0.437 e. The summed E-state index contributed by atoms with van der Waals surface area (Å²) in [5.74, 6) is 0. The van der Waals surface area contributed by atoms with Gasteiger partial charge in [-0.25, -0.2) is 4.98 Å². The van der Waals surface area contributed by atoms with E-state index in [-0.39, 0.29) is 0 Å². The number of hydrogen-bond acceptors (Lipinski definition) is 4. The van der Waals surface area contributed by atoms with E-state index < -0.39 is 0 Å². The van der Waals surface area contributed by atoms with Crippen LogP contribution in [0, 0.1) is 13.8 Å². The molecule has 0 aliphatic heterocycles. The highest BCUT2D eigenvalue weighted by molar-refractivity contribution is 6.08. The van der Waals surface area contributed by atoms with E-state index in [0.29, 0.717) is 5.71 Å². The van der Waals surface area contributed by atoms with E-state index in [1.165, 1.54) is 11.1 Å². The fourth-order valence-corrected chi connectivity index (χ4v) is 4.25. The van der Waals surface area contributed by atoms with Crippen molar-refractivity contribution in [3.05, 3.63) is 90.4 Å². The van der Waals surface area contributed by atoms with E-state index in [1.54, 1.807) is 0 Å². The molecule has 0 amide bonds. The molecular formula is C27H19N3O. The van der Waals surface area contributed by atoms with Gasteiger partial charge in [-0.3, -0.25) is 9.97 Å². The van der Waals surface area contributed by atoms with Gasteiger partial charge in [0.15, 0.2) is 0 Å². The average molecular weight is 401 g/mol. The summed E-state index contributed by atoms with van der Waals surface area (Å²) in [4.78, 5) is 13.7. The summed E-state index contributed by atoms with van der Waals surface area (Å²) in [5.41, 5.74) is 8.76. The number of para-hydroxylation sites is 1. The number of benzene rings is 2. The number of rotatable bonds is 2. The second-order valence-corrected chi connectivity index (χ2v) is 7.88.